The van der Waals surface area contributed by atoms with Crippen LogP contribution in [0.1, 0.15) is 10.4 Å². The molecule has 0 fully saturated rings. The maximum absolute atomic E-state index is 12.5. The quantitative estimate of drug-likeness (QED) is 0.724. The molecule has 0 radical (unpaired) electrons. The Bertz CT molecular complexity index is 882. The number of Topliss-reactive ketones (excluding diaryl/α,β-unsaturated/α-hetero) is 1. The van der Waals surface area contributed by atoms with Crippen molar-refractivity contribution in [3.05, 3.63) is 70.4 Å². The maximum Gasteiger partial charge on any atom is 0.194 e. The van der Waals surface area contributed by atoms with Gasteiger partial charge in [0.2, 0.25) is 0 Å². The van der Waals surface area contributed by atoms with E-state index in [2.05, 4.69) is 0 Å². The van der Waals surface area contributed by atoms with Crippen molar-refractivity contribution in [2.75, 3.05) is 6.61 Å². The summed E-state index contributed by atoms with van der Waals surface area (Å²) in [5.41, 5.74) is 0.359. The van der Waals surface area contributed by atoms with Gasteiger partial charge in [-0.05, 0) is 22.9 Å². The molecule has 0 aromatic heterocycles. The lowest BCUT2D eigenvalue weighted by atomic mass is 10.1. The van der Waals surface area contributed by atoms with Gasteiger partial charge in [0.15, 0.2) is 11.2 Å². The molecule has 0 aliphatic carbocycles. The van der Waals surface area contributed by atoms with E-state index in [9.17, 15) is 9.59 Å². The standard InChI is InChI=1S/C17H12O3/c18-10-16(19)13-7-8-15-12(9-13)6-5-11-3-1-2-4-14(11)17(15)20/h1-9,18H,10H2. The van der Waals surface area contributed by atoms with Gasteiger partial charge in [-0.25, -0.2) is 0 Å². The normalized spacial score (nSPS) is 10.8. The smallest absolute Gasteiger partial charge is 0.194 e. The van der Waals surface area contributed by atoms with E-state index in [1.54, 1.807) is 24.3 Å². The summed E-state index contributed by atoms with van der Waals surface area (Å²) in [7, 11) is 0. The molecule has 0 heterocycles. The van der Waals surface area contributed by atoms with Crippen LogP contribution in [0.2, 0.25) is 0 Å². The molecule has 3 aromatic rings. The van der Waals surface area contributed by atoms with Gasteiger partial charge in [0.05, 0.1) is 0 Å². The second-order valence-electron chi connectivity index (χ2n) is 4.63. The van der Waals surface area contributed by atoms with Gasteiger partial charge < -0.3 is 5.11 Å². The number of ketones is 1. The molecule has 98 valence electrons. The Morgan fingerprint density at radius 3 is 2.40 bits per heavy atom. The van der Waals surface area contributed by atoms with Crippen molar-refractivity contribution in [3.63, 3.8) is 0 Å². The first kappa shape index (κ1) is 12.5. The van der Waals surface area contributed by atoms with Crippen LogP contribution in [-0.2, 0) is 0 Å². The van der Waals surface area contributed by atoms with Crippen molar-refractivity contribution < 1.29 is 9.90 Å². The minimum Gasteiger partial charge on any atom is -0.388 e. The molecule has 0 spiro atoms. The topological polar surface area (TPSA) is 54.4 Å². The summed E-state index contributed by atoms with van der Waals surface area (Å²) in [6.07, 6.45) is 0. The number of rotatable bonds is 2. The fourth-order valence-corrected chi connectivity index (χ4v) is 2.35. The zero-order valence-electron chi connectivity index (χ0n) is 10.7. The Hall–Kier alpha value is -2.52. The van der Waals surface area contributed by atoms with Crippen LogP contribution in [-0.4, -0.2) is 17.5 Å². The van der Waals surface area contributed by atoms with Crippen LogP contribution in [0.15, 0.2) is 59.4 Å². The number of fused-ring (bicyclic) bond motifs is 2. The Labute approximate surface area is 115 Å². The number of hydrogen-bond acceptors (Lipinski definition) is 3. The van der Waals surface area contributed by atoms with Gasteiger partial charge in [-0.3, -0.25) is 9.59 Å². The number of hydrogen-bond donors (Lipinski definition) is 1. The molecule has 0 amide bonds. The fourth-order valence-electron chi connectivity index (χ4n) is 2.35. The fraction of sp³-hybridized carbons (Fsp3) is 0.0588. The second kappa shape index (κ2) is 4.87. The minimum absolute atomic E-state index is 0.0522. The lowest BCUT2D eigenvalue weighted by Gasteiger charge is -1.98. The van der Waals surface area contributed by atoms with E-state index in [1.807, 2.05) is 30.3 Å². The van der Waals surface area contributed by atoms with Gasteiger partial charge in [-0.15, -0.1) is 0 Å². The third kappa shape index (κ3) is 1.98. The summed E-state index contributed by atoms with van der Waals surface area (Å²) in [6, 6.07) is 16.0. The molecule has 0 saturated heterocycles. The number of aliphatic hydroxyl groups is 1. The van der Waals surface area contributed by atoms with Crippen LogP contribution in [0, 0.1) is 0 Å². The second-order valence-corrected chi connectivity index (χ2v) is 4.63. The third-order valence-electron chi connectivity index (χ3n) is 3.41. The highest BCUT2D eigenvalue weighted by Crippen LogP contribution is 2.17. The van der Waals surface area contributed by atoms with Crippen LogP contribution >= 0.6 is 0 Å². The predicted molar refractivity (Wildman–Crippen MR) is 79.1 cm³/mol. The van der Waals surface area contributed by atoms with Crippen LogP contribution in [0.3, 0.4) is 0 Å². The van der Waals surface area contributed by atoms with Crippen LogP contribution in [0.5, 0.6) is 0 Å². The van der Waals surface area contributed by atoms with E-state index in [0.717, 1.165) is 5.39 Å². The largest absolute Gasteiger partial charge is 0.388 e. The molecule has 3 nitrogen and oxygen atoms in total. The molecule has 0 bridgehead atoms. The minimum atomic E-state index is -0.531. The molecule has 20 heavy (non-hydrogen) atoms. The molecular weight excluding hydrogens is 252 g/mol. The molecule has 0 aliphatic heterocycles. The van der Waals surface area contributed by atoms with Crippen LogP contribution in [0.25, 0.3) is 21.5 Å². The Morgan fingerprint density at radius 2 is 1.60 bits per heavy atom. The summed E-state index contributed by atoms with van der Waals surface area (Å²) in [6.45, 7) is -0.531. The number of carbonyl (C=O) groups is 1. The summed E-state index contributed by atoms with van der Waals surface area (Å²) in [4.78, 5) is 24.0. The first-order chi connectivity index (χ1) is 9.70. The van der Waals surface area contributed by atoms with E-state index in [0.29, 0.717) is 21.7 Å². The van der Waals surface area contributed by atoms with E-state index in [4.69, 9.17) is 5.11 Å². The van der Waals surface area contributed by atoms with Gasteiger partial charge in [0.25, 0.3) is 0 Å². The third-order valence-corrected chi connectivity index (χ3v) is 3.41. The predicted octanol–water partition coefficient (Wildman–Crippen LogP) is 2.53. The highest BCUT2D eigenvalue weighted by atomic mass is 16.3. The first-order valence-corrected chi connectivity index (χ1v) is 6.30. The van der Waals surface area contributed by atoms with Crippen molar-refractivity contribution >= 4 is 27.3 Å². The van der Waals surface area contributed by atoms with Gasteiger partial charge in [-0.2, -0.15) is 0 Å². The summed E-state index contributed by atoms with van der Waals surface area (Å²) >= 11 is 0. The van der Waals surface area contributed by atoms with E-state index >= 15 is 0 Å². The molecule has 0 atom stereocenters. The van der Waals surface area contributed by atoms with Crippen molar-refractivity contribution in [1.82, 2.24) is 0 Å². The van der Waals surface area contributed by atoms with Gasteiger partial charge >= 0.3 is 0 Å². The van der Waals surface area contributed by atoms with Crippen molar-refractivity contribution in [2.45, 2.75) is 0 Å². The van der Waals surface area contributed by atoms with Crippen molar-refractivity contribution in [1.29, 1.82) is 0 Å². The summed E-state index contributed by atoms with van der Waals surface area (Å²) in [5, 5.41) is 11.7. The number of benzene rings is 2. The Morgan fingerprint density at radius 1 is 0.900 bits per heavy atom. The lowest BCUT2D eigenvalue weighted by molar-refractivity contribution is 0.0904. The SMILES string of the molecule is O=C(CO)c1ccc2c(=O)c3ccccc3ccc2c1. The average Bonchev–Trinajstić information content (AvgIpc) is 2.64. The van der Waals surface area contributed by atoms with Gasteiger partial charge in [0, 0.05) is 16.3 Å². The molecule has 1 N–H and O–H groups in total. The zero-order chi connectivity index (χ0) is 14.1. The number of aliphatic hydroxyl groups excluding tert-OH is 1. The molecule has 0 aliphatic rings. The van der Waals surface area contributed by atoms with E-state index < -0.39 is 6.61 Å². The lowest BCUT2D eigenvalue weighted by Crippen LogP contribution is -2.05. The van der Waals surface area contributed by atoms with E-state index in [1.165, 1.54) is 0 Å². The molecule has 0 saturated carbocycles. The zero-order valence-corrected chi connectivity index (χ0v) is 10.7. The first-order valence-electron chi connectivity index (χ1n) is 6.30. The Balaban J connectivity index is 2.42. The highest BCUT2D eigenvalue weighted by Gasteiger charge is 2.07. The summed E-state index contributed by atoms with van der Waals surface area (Å²) < 4.78 is 0. The molecule has 3 heteroatoms. The molecule has 3 rings (SSSR count). The highest BCUT2D eigenvalue weighted by molar-refractivity contribution is 6.01. The molecular formula is C17H12O3. The maximum atomic E-state index is 12.5. The Kier molecular flexibility index (Phi) is 3.05. The number of carbonyl (C=O) groups excluding carboxylic acids is 1. The van der Waals surface area contributed by atoms with Crippen molar-refractivity contribution in [3.8, 4) is 0 Å². The van der Waals surface area contributed by atoms with Gasteiger partial charge in [-0.1, -0.05) is 42.5 Å². The van der Waals surface area contributed by atoms with Crippen molar-refractivity contribution in [2.24, 2.45) is 0 Å². The molecule has 0 unspecified atom stereocenters. The molecule has 3 aromatic carbocycles. The van der Waals surface area contributed by atoms with E-state index in [-0.39, 0.29) is 11.2 Å². The van der Waals surface area contributed by atoms with Gasteiger partial charge in [0.1, 0.15) is 6.61 Å². The van der Waals surface area contributed by atoms with Crippen LogP contribution < -0.4 is 5.43 Å². The summed E-state index contributed by atoms with van der Waals surface area (Å²) in [5.74, 6) is -0.351. The monoisotopic (exact) mass is 264 g/mol. The average molecular weight is 264 g/mol. The van der Waals surface area contributed by atoms with Crippen LogP contribution in [0.4, 0.5) is 0 Å².